The molecule has 1 aromatic heterocycles. The van der Waals surface area contributed by atoms with Gasteiger partial charge >= 0.3 is 0 Å². The Labute approximate surface area is 154 Å². The summed E-state index contributed by atoms with van der Waals surface area (Å²) in [5.74, 6) is -0.255. The van der Waals surface area contributed by atoms with Crippen molar-refractivity contribution in [3.8, 4) is 0 Å². The third kappa shape index (κ3) is 4.91. The number of hydrogen-bond acceptors (Lipinski definition) is 4. The largest absolute Gasteiger partial charge is 0.342 e. The van der Waals surface area contributed by atoms with Gasteiger partial charge in [-0.1, -0.05) is 36.4 Å². The smallest absolute Gasteiger partial charge is 0.276 e. The number of rotatable bonds is 8. The van der Waals surface area contributed by atoms with E-state index in [1.807, 2.05) is 26.0 Å². The number of aromatic nitrogens is 3. The molecule has 0 fully saturated rings. The van der Waals surface area contributed by atoms with E-state index < -0.39 is 0 Å². The molecule has 0 N–H and O–H groups in total. The number of hydrogen-bond donors (Lipinski definition) is 0. The van der Waals surface area contributed by atoms with Crippen molar-refractivity contribution >= 4 is 11.8 Å². The summed E-state index contributed by atoms with van der Waals surface area (Å²) in [6, 6.07) is 8.20. The molecule has 0 unspecified atom stereocenters. The highest BCUT2D eigenvalue weighted by molar-refractivity contribution is 5.91. The molecule has 7 heteroatoms. The highest BCUT2D eigenvalue weighted by atomic mass is 16.2. The van der Waals surface area contributed by atoms with Crippen molar-refractivity contribution in [1.82, 2.24) is 24.8 Å². The molecule has 2 aromatic rings. The van der Waals surface area contributed by atoms with Gasteiger partial charge in [0, 0.05) is 26.7 Å². The molecule has 0 saturated heterocycles. The standard InChI is InChI=1S/C19H27N5O2/c1-5-15-8-10-16(11-9-15)12-22(4)19(26)17-13-24(21-20-17)14-18(25)23(6-2)7-3/h8-11,13H,5-7,12,14H2,1-4H3. The Hall–Kier alpha value is -2.70. The van der Waals surface area contributed by atoms with Crippen LogP contribution in [0.4, 0.5) is 0 Å². The fraction of sp³-hybridized carbons (Fsp3) is 0.474. The van der Waals surface area contributed by atoms with Crippen molar-refractivity contribution in [1.29, 1.82) is 0 Å². The predicted molar refractivity (Wildman–Crippen MR) is 99.6 cm³/mol. The van der Waals surface area contributed by atoms with Gasteiger partial charge in [-0.15, -0.1) is 5.10 Å². The van der Waals surface area contributed by atoms with E-state index in [-0.39, 0.29) is 24.1 Å². The quantitative estimate of drug-likeness (QED) is 0.724. The van der Waals surface area contributed by atoms with Crippen LogP contribution in [0.25, 0.3) is 0 Å². The summed E-state index contributed by atoms with van der Waals surface area (Å²) in [7, 11) is 1.73. The van der Waals surface area contributed by atoms with Crippen molar-refractivity contribution in [3.63, 3.8) is 0 Å². The maximum absolute atomic E-state index is 12.5. The molecule has 140 valence electrons. The molecule has 26 heavy (non-hydrogen) atoms. The zero-order chi connectivity index (χ0) is 19.1. The van der Waals surface area contributed by atoms with Crippen molar-refractivity contribution < 1.29 is 9.59 Å². The molecular weight excluding hydrogens is 330 g/mol. The van der Waals surface area contributed by atoms with Gasteiger partial charge in [-0.25, -0.2) is 4.68 Å². The normalized spacial score (nSPS) is 10.6. The van der Waals surface area contributed by atoms with E-state index >= 15 is 0 Å². The van der Waals surface area contributed by atoms with Crippen LogP contribution in [0.5, 0.6) is 0 Å². The Morgan fingerprint density at radius 1 is 1.04 bits per heavy atom. The summed E-state index contributed by atoms with van der Waals surface area (Å²) in [4.78, 5) is 28.0. The van der Waals surface area contributed by atoms with Gasteiger partial charge in [0.2, 0.25) is 5.91 Å². The lowest BCUT2D eigenvalue weighted by atomic mass is 10.1. The van der Waals surface area contributed by atoms with Gasteiger partial charge in [0.1, 0.15) is 6.54 Å². The van der Waals surface area contributed by atoms with E-state index in [1.54, 1.807) is 16.8 Å². The minimum atomic E-state index is -0.217. The van der Waals surface area contributed by atoms with E-state index in [0.29, 0.717) is 19.6 Å². The summed E-state index contributed by atoms with van der Waals surface area (Å²) >= 11 is 0. The van der Waals surface area contributed by atoms with Crippen LogP contribution in [-0.4, -0.2) is 56.7 Å². The van der Waals surface area contributed by atoms with Crippen LogP contribution < -0.4 is 0 Å². The number of aryl methyl sites for hydroxylation is 1. The average Bonchev–Trinajstić information content (AvgIpc) is 3.11. The second-order valence-electron chi connectivity index (χ2n) is 6.20. The number of likely N-dealkylation sites (N-methyl/N-ethyl adjacent to an activating group) is 1. The Kier molecular flexibility index (Phi) is 6.89. The Bertz CT molecular complexity index is 735. The van der Waals surface area contributed by atoms with Crippen LogP contribution in [0, 0.1) is 0 Å². The topological polar surface area (TPSA) is 71.3 Å². The summed E-state index contributed by atoms with van der Waals surface area (Å²) in [6.07, 6.45) is 2.52. The van der Waals surface area contributed by atoms with Crippen molar-refractivity contribution in [3.05, 3.63) is 47.3 Å². The molecule has 0 atom stereocenters. The Balaban J connectivity index is 1.98. The highest BCUT2D eigenvalue weighted by Crippen LogP contribution is 2.09. The van der Waals surface area contributed by atoms with Crippen LogP contribution in [-0.2, 0) is 24.3 Å². The maximum Gasteiger partial charge on any atom is 0.276 e. The van der Waals surface area contributed by atoms with Crippen molar-refractivity contribution in [2.75, 3.05) is 20.1 Å². The van der Waals surface area contributed by atoms with Gasteiger partial charge in [0.25, 0.3) is 5.91 Å². The van der Waals surface area contributed by atoms with Crippen LogP contribution in [0.15, 0.2) is 30.5 Å². The number of carbonyl (C=O) groups excluding carboxylic acids is 2. The van der Waals surface area contributed by atoms with E-state index in [2.05, 4.69) is 29.4 Å². The van der Waals surface area contributed by atoms with Crippen LogP contribution in [0.3, 0.4) is 0 Å². The molecule has 0 radical (unpaired) electrons. The fourth-order valence-corrected chi connectivity index (χ4v) is 2.71. The zero-order valence-corrected chi connectivity index (χ0v) is 16.0. The summed E-state index contributed by atoms with van der Waals surface area (Å²) in [6.45, 7) is 7.85. The number of nitrogens with zero attached hydrogens (tertiary/aromatic N) is 5. The van der Waals surface area contributed by atoms with Crippen LogP contribution in [0.2, 0.25) is 0 Å². The molecule has 7 nitrogen and oxygen atoms in total. The second kappa shape index (κ2) is 9.12. The van der Waals surface area contributed by atoms with Crippen molar-refractivity contribution in [2.45, 2.75) is 40.3 Å². The molecule has 0 aliphatic heterocycles. The van der Waals surface area contributed by atoms with E-state index in [9.17, 15) is 9.59 Å². The third-order valence-corrected chi connectivity index (χ3v) is 4.37. The summed E-state index contributed by atoms with van der Waals surface area (Å²) in [5.41, 5.74) is 2.57. The average molecular weight is 357 g/mol. The Morgan fingerprint density at radius 2 is 1.65 bits per heavy atom. The van der Waals surface area contributed by atoms with Crippen molar-refractivity contribution in [2.24, 2.45) is 0 Å². The fourth-order valence-electron chi connectivity index (χ4n) is 2.71. The van der Waals surface area contributed by atoms with E-state index in [1.165, 1.54) is 16.4 Å². The molecule has 1 heterocycles. The first-order valence-electron chi connectivity index (χ1n) is 8.99. The molecular formula is C19H27N5O2. The molecule has 0 aliphatic rings. The van der Waals surface area contributed by atoms with Gasteiger partial charge in [0.05, 0.1) is 6.20 Å². The number of carbonyl (C=O) groups is 2. The first-order chi connectivity index (χ1) is 12.5. The predicted octanol–water partition coefficient (Wildman–Crippen LogP) is 1.98. The maximum atomic E-state index is 12.5. The van der Waals surface area contributed by atoms with Gasteiger partial charge in [-0.3, -0.25) is 9.59 Å². The van der Waals surface area contributed by atoms with Gasteiger partial charge in [-0.2, -0.15) is 0 Å². The third-order valence-electron chi connectivity index (χ3n) is 4.37. The Morgan fingerprint density at radius 3 is 2.23 bits per heavy atom. The molecule has 0 bridgehead atoms. The minimum absolute atomic E-state index is 0.0386. The molecule has 2 rings (SSSR count). The number of benzene rings is 1. The monoisotopic (exact) mass is 357 g/mol. The summed E-state index contributed by atoms with van der Waals surface area (Å²) < 4.78 is 1.41. The molecule has 1 aromatic carbocycles. The first kappa shape index (κ1) is 19.6. The van der Waals surface area contributed by atoms with Gasteiger partial charge in [-0.05, 0) is 31.4 Å². The van der Waals surface area contributed by atoms with Gasteiger partial charge in [0.15, 0.2) is 5.69 Å². The first-order valence-corrected chi connectivity index (χ1v) is 8.99. The highest BCUT2D eigenvalue weighted by Gasteiger charge is 2.18. The molecule has 0 spiro atoms. The minimum Gasteiger partial charge on any atom is -0.342 e. The summed E-state index contributed by atoms with van der Waals surface area (Å²) in [5, 5.41) is 7.83. The lowest BCUT2D eigenvalue weighted by Crippen LogP contribution is -2.33. The second-order valence-corrected chi connectivity index (χ2v) is 6.20. The zero-order valence-electron chi connectivity index (χ0n) is 16.0. The SMILES string of the molecule is CCc1ccc(CN(C)C(=O)c2cn(CC(=O)N(CC)CC)nn2)cc1. The molecule has 0 aliphatic carbocycles. The lowest BCUT2D eigenvalue weighted by Gasteiger charge is -2.18. The van der Waals surface area contributed by atoms with E-state index in [4.69, 9.17) is 0 Å². The van der Waals surface area contributed by atoms with E-state index in [0.717, 1.165) is 12.0 Å². The van der Waals surface area contributed by atoms with Crippen LogP contribution in [0.1, 0.15) is 42.4 Å². The molecule has 2 amide bonds. The van der Waals surface area contributed by atoms with Crippen LogP contribution >= 0.6 is 0 Å². The lowest BCUT2D eigenvalue weighted by molar-refractivity contribution is -0.131. The number of amides is 2. The molecule has 0 saturated carbocycles. The van der Waals surface area contributed by atoms with Gasteiger partial charge < -0.3 is 9.80 Å².